The molecule has 1 atom stereocenters. The molecule has 0 aromatic heterocycles. The SMILES string of the molecule is CC(C)(C)S(=O)NC1(C#N)CCCC1. The monoisotopic (exact) mass is 214 g/mol. The van der Waals surface area contributed by atoms with E-state index in [1.165, 1.54) is 0 Å². The third kappa shape index (κ3) is 2.55. The van der Waals surface area contributed by atoms with Crippen molar-refractivity contribution >= 4 is 11.0 Å². The molecule has 1 rings (SSSR count). The van der Waals surface area contributed by atoms with E-state index in [4.69, 9.17) is 5.26 Å². The highest BCUT2D eigenvalue weighted by atomic mass is 32.2. The summed E-state index contributed by atoms with van der Waals surface area (Å²) in [6.45, 7) is 5.74. The second-order valence-corrected chi connectivity index (χ2v) is 6.85. The number of nitrogens with zero attached hydrogens (tertiary/aromatic N) is 1. The second kappa shape index (κ2) is 4.00. The Hall–Kier alpha value is -0.400. The van der Waals surface area contributed by atoms with Crippen LogP contribution in [0.3, 0.4) is 0 Å². The van der Waals surface area contributed by atoms with Crippen molar-refractivity contribution in [3.63, 3.8) is 0 Å². The van der Waals surface area contributed by atoms with E-state index in [0.717, 1.165) is 25.7 Å². The number of nitrogens with one attached hydrogen (secondary N) is 1. The minimum Gasteiger partial charge on any atom is -0.242 e. The van der Waals surface area contributed by atoms with E-state index in [-0.39, 0.29) is 4.75 Å². The zero-order chi connectivity index (χ0) is 10.8. The van der Waals surface area contributed by atoms with Crippen molar-refractivity contribution in [3.8, 4) is 6.07 Å². The fourth-order valence-corrected chi connectivity index (χ4v) is 2.46. The normalized spacial score (nSPS) is 23.0. The van der Waals surface area contributed by atoms with Gasteiger partial charge in [0.15, 0.2) is 0 Å². The molecule has 0 aliphatic heterocycles. The van der Waals surface area contributed by atoms with Gasteiger partial charge in [-0.2, -0.15) is 5.26 Å². The third-order valence-corrected chi connectivity index (χ3v) is 4.20. The predicted molar refractivity (Wildman–Crippen MR) is 57.8 cm³/mol. The molecular weight excluding hydrogens is 196 g/mol. The summed E-state index contributed by atoms with van der Waals surface area (Å²) in [5.74, 6) is 0. The molecule has 0 heterocycles. The Morgan fingerprint density at radius 2 is 1.86 bits per heavy atom. The molecule has 1 saturated carbocycles. The van der Waals surface area contributed by atoms with Gasteiger partial charge in [-0.15, -0.1) is 0 Å². The van der Waals surface area contributed by atoms with Crippen LogP contribution in [0, 0.1) is 11.3 Å². The van der Waals surface area contributed by atoms with E-state index in [1.807, 2.05) is 20.8 Å². The Kier molecular flexibility index (Phi) is 3.33. The minimum atomic E-state index is -1.14. The molecule has 1 aliphatic carbocycles. The van der Waals surface area contributed by atoms with E-state index in [0.29, 0.717) is 0 Å². The first kappa shape index (κ1) is 11.7. The summed E-state index contributed by atoms with van der Waals surface area (Å²) < 4.78 is 14.5. The quantitative estimate of drug-likeness (QED) is 0.763. The van der Waals surface area contributed by atoms with E-state index in [9.17, 15) is 4.21 Å². The summed E-state index contributed by atoms with van der Waals surface area (Å²) in [6.07, 6.45) is 3.76. The summed E-state index contributed by atoms with van der Waals surface area (Å²) in [6, 6.07) is 2.28. The van der Waals surface area contributed by atoms with Crippen LogP contribution in [-0.4, -0.2) is 14.5 Å². The number of nitriles is 1. The fraction of sp³-hybridized carbons (Fsp3) is 0.900. The Morgan fingerprint density at radius 3 is 2.21 bits per heavy atom. The van der Waals surface area contributed by atoms with Gasteiger partial charge in [0.25, 0.3) is 0 Å². The van der Waals surface area contributed by atoms with Crippen LogP contribution in [0.25, 0.3) is 0 Å². The first-order valence-electron chi connectivity index (χ1n) is 5.01. The lowest BCUT2D eigenvalue weighted by Crippen LogP contribution is -2.47. The maximum atomic E-state index is 11.8. The molecule has 0 saturated heterocycles. The molecule has 14 heavy (non-hydrogen) atoms. The molecular formula is C10H18N2OS. The Balaban J connectivity index is 2.67. The second-order valence-electron chi connectivity index (χ2n) is 4.88. The zero-order valence-corrected chi connectivity index (χ0v) is 9.91. The predicted octanol–water partition coefficient (Wildman–Crippen LogP) is 1.87. The average Bonchev–Trinajstić information content (AvgIpc) is 2.52. The van der Waals surface area contributed by atoms with Crippen LogP contribution in [0.2, 0.25) is 0 Å². The lowest BCUT2D eigenvalue weighted by Gasteiger charge is -2.26. The van der Waals surface area contributed by atoms with Crippen molar-refractivity contribution in [2.24, 2.45) is 0 Å². The maximum Gasteiger partial charge on any atom is 0.117 e. The number of rotatable bonds is 2. The Bertz CT molecular complexity index is 269. The van der Waals surface area contributed by atoms with Crippen molar-refractivity contribution in [2.75, 3.05) is 0 Å². The van der Waals surface area contributed by atoms with Gasteiger partial charge in [-0.05, 0) is 33.6 Å². The average molecular weight is 214 g/mol. The van der Waals surface area contributed by atoms with Gasteiger partial charge in [-0.25, -0.2) is 8.93 Å². The summed E-state index contributed by atoms with van der Waals surface area (Å²) >= 11 is 0. The zero-order valence-electron chi connectivity index (χ0n) is 9.09. The van der Waals surface area contributed by atoms with Gasteiger partial charge in [0.1, 0.15) is 5.54 Å². The van der Waals surface area contributed by atoms with Gasteiger partial charge < -0.3 is 0 Å². The van der Waals surface area contributed by atoms with Gasteiger partial charge in [0.2, 0.25) is 0 Å². The molecule has 0 spiro atoms. The standard InChI is InChI=1S/C10H18N2OS/c1-9(2,3)14(13)12-10(8-11)6-4-5-7-10/h12H,4-7H2,1-3H3. The van der Waals surface area contributed by atoms with Gasteiger partial charge in [0, 0.05) is 0 Å². The highest BCUT2D eigenvalue weighted by Crippen LogP contribution is 2.30. The van der Waals surface area contributed by atoms with Crippen LogP contribution in [0.5, 0.6) is 0 Å². The van der Waals surface area contributed by atoms with E-state index < -0.39 is 16.5 Å². The Labute approximate surface area is 88.5 Å². The molecule has 0 amide bonds. The molecule has 80 valence electrons. The molecule has 1 aliphatic rings. The first-order chi connectivity index (χ1) is 6.40. The van der Waals surface area contributed by atoms with Crippen LogP contribution >= 0.6 is 0 Å². The van der Waals surface area contributed by atoms with Gasteiger partial charge in [-0.3, -0.25) is 0 Å². The van der Waals surface area contributed by atoms with E-state index in [1.54, 1.807) is 0 Å². The number of hydrogen-bond acceptors (Lipinski definition) is 2. The van der Waals surface area contributed by atoms with Crippen LogP contribution in [-0.2, 0) is 11.0 Å². The fourth-order valence-electron chi connectivity index (χ4n) is 1.55. The third-order valence-electron chi connectivity index (χ3n) is 2.52. The minimum absolute atomic E-state index is 0.299. The molecule has 1 fully saturated rings. The van der Waals surface area contributed by atoms with Crippen LogP contribution < -0.4 is 4.72 Å². The molecule has 1 N–H and O–H groups in total. The topological polar surface area (TPSA) is 52.9 Å². The van der Waals surface area contributed by atoms with Crippen molar-refractivity contribution in [1.29, 1.82) is 5.26 Å². The van der Waals surface area contributed by atoms with Crippen LogP contribution in [0.4, 0.5) is 0 Å². The summed E-state index contributed by atoms with van der Waals surface area (Å²) in [4.78, 5) is 0. The van der Waals surface area contributed by atoms with Gasteiger partial charge in [0.05, 0.1) is 21.8 Å². The van der Waals surface area contributed by atoms with Gasteiger partial charge in [-0.1, -0.05) is 12.8 Å². The molecule has 0 bridgehead atoms. The van der Waals surface area contributed by atoms with Crippen LogP contribution in [0.15, 0.2) is 0 Å². The highest BCUT2D eigenvalue weighted by Gasteiger charge is 2.37. The summed E-state index contributed by atoms with van der Waals surface area (Å²) in [5.41, 5.74) is -0.530. The van der Waals surface area contributed by atoms with E-state index >= 15 is 0 Å². The largest absolute Gasteiger partial charge is 0.242 e. The molecule has 3 nitrogen and oxygen atoms in total. The van der Waals surface area contributed by atoms with Crippen LogP contribution in [0.1, 0.15) is 46.5 Å². The summed E-state index contributed by atoms with van der Waals surface area (Å²) in [5, 5.41) is 9.08. The molecule has 0 aromatic rings. The van der Waals surface area contributed by atoms with Gasteiger partial charge >= 0.3 is 0 Å². The lowest BCUT2D eigenvalue weighted by atomic mass is 10.0. The van der Waals surface area contributed by atoms with Crippen molar-refractivity contribution in [1.82, 2.24) is 4.72 Å². The molecule has 1 unspecified atom stereocenters. The number of hydrogen-bond donors (Lipinski definition) is 1. The van der Waals surface area contributed by atoms with Crippen molar-refractivity contribution in [3.05, 3.63) is 0 Å². The van der Waals surface area contributed by atoms with Crippen molar-refractivity contribution < 1.29 is 4.21 Å². The van der Waals surface area contributed by atoms with Crippen molar-refractivity contribution in [2.45, 2.75) is 56.7 Å². The first-order valence-corrected chi connectivity index (χ1v) is 6.16. The molecule has 0 radical (unpaired) electrons. The Morgan fingerprint density at radius 1 is 1.36 bits per heavy atom. The highest BCUT2D eigenvalue weighted by molar-refractivity contribution is 7.84. The maximum absolute atomic E-state index is 11.8. The molecule has 4 heteroatoms. The smallest absolute Gasteiger partial charge is 0.117 e. The van der Waals surface area contributed by atoms with E-state index in [2.05, 4.69) is 10.8 Å². The lowest BCUT2D eigenvalue weighted by molar-refractivity contribution is 0.501. The molecule has 0 aromatic carbocycles. The summed E-state index contributed by atoms with van der Waals surface area (Å²) in [7, 11) is -1.14.